The maximum atomic E-state index is 12.0. The van der Waals surface area contributed by atoms with Crippen LogP contribution >= 0.6 is 0 Å². The van der Waals surface area contributed by atoms with Gasteiger partial charge in [-0.25, -0.2) is 10.2 Å². The highest BCUT2D eigenvalue weighted by Crippen LogP contribution is 2.13. The van der Waals surface area contributed by atoms with Crippen molar-refractivity contribution in [3.63, 3.8) is 0 Å². The van der Waals surface area contributed by atoms with Gasteiger partial charge in [-0.1, -0.05) is 155 Å². The lowest BCUT2D eigenvalue weighted by molar-refractivity contribution is -0.119. The van der Waals surface area contributed by atoms with Crippen molar-refractivity contribution in [2.45, 2.75) is 168 Å². The van der Waals surface area contributed by atoms with Gasteiger partial charge in [0, 0.05) is 23.1 Å². The second kappa shape index (κ2) is 30.4. The van der Waals surface area contributed by atoms with Gasteiger partial charge in [0.1, 0.15) is 5.75 Å². The van der Waals surface area contributed by atoms with E-state index in [0.29, 0.717) is 12.3 Å². The number of carbonyl (C=O) groups is 2. The number of urea groups is 1. The van der Waals surface area contributed by atoms with E-state index in [4.69, 9.17) is 0 Å². The molecule has 0 bridgehead atoms. The standard InChI is InChI=1S/C31H63N3O3S/c1-3-5-7-9-11-13-14-15-16-17-18-19-20-21-23-25-27-32-31(36)34-33-30(35)29-38(37)28-26-24-22-12-10-8-6-4-2/h3-29H2,1-2H3,(H,33,35)(H2,32,34,36). The fourth-order valence-corrected chi connectivity index (χ4v) is 5.73. The Bertz CT molecular complexity index is 560. The molecule has 0 aromatic heterocycles. The van der Waals surface area contributed by atoms with Crippen molar-refractivity contribution in [2.75, 3.05) is 18.1 Å². The molecule has 0 rings (SSSR count). The van der Waals surface area contributed by atoms with Crippen LogP contribution in [0.25, 0.3) is 0 Å². The van der Waals surface area contributed by atoms with Crippen LogP contribution in [0.2, 0.25) is 0 Å². The largest absolute Gasteiger partial charge is 0.337 e. The maximum Gasteiger partial charge on any atom is 0.333 e. The van der Waals surface area contributed by atoms with Crippen molar-refractivity contribution in [1.82, 2.24) is 16.2 Å². The SMILES string of the molecule is CCCCCCCCCCCCCCCCCCNC(=O)NNC(=O)CS(=O)CCCCCCCCCC. The van der Waals surface area contributed by atoms with Gasteiger partial charge in [0.05, 0.1) is 0 Å². The minimum atomic E-state index is -1.18. The summed E-state index contributed by atoms with van der Waals surface area (Å²) in [6.07, 6.45) is 30.7. The van der Waals surface area contributed by atoms with Crippen LogP contribution in [0, 0.1) is 0 Å². The summed E-state index contributed by atoms with van der Waals surface area (Å²) in [6, 6.07) is -0.409. The van der Waals surface area contributed by atoms with E-state index < -0.39 is 22.7 Å². The molecule has 0 heterocycles. The summed E-state index contributed by atoms with van der Waals surface area (Å²) in [4.78, 5) is 23.7. The van der Waals surface area contributed by atoms with Crippen molar-refractivity contribution in [3.05, 3.63) is 0 Å². The Balaban J connectivity index is 3.38. The molecule has 1 atom stereocenters. The summed E-state index contributed by atoms with van der Waals surface area (Å²) in [5, 5.41) is 2.77. The highest BCUT2D eigenvalue weighted by molar-refractivity contribution is 7.85. The molecule has 0 spiro atoms. The van der Waals surface area contributed by atoms with E-state index in [1.807, 2.05) is 0 Å². The molecular formula is C31H63N3O3S. The molecule has 0 radical (unpaired) electrons. The number of carbonyl (C=O) groups excluding carboxylic acids is 2. The molecule has 0 aliphatic heterocycles. The van der Waals surface area contributed by atoms with Crippen LogP contribution in [0.15, 0.2) is 0 Å². The van der Waals surface area contributed by atoms with E-state index in [-0.39, 0.29) is 5.75 Å². The summed E-state index contributed by atoms with van der Waals surface area (Å²) in [7, 11) is -1.18. The predicted molar refractivity (Wildman–Crippen MR) is 165 cm³/mol. The molecule has 1 unspecified atom stereocenters. The molecule has 0 aromatic carbocycles. The Morgan fingerprint density at radius 1 is 0.500 bits per heavy atom. The summed E-state index contributed by atoms with van der Waals surface area (Å²) in [6.45, 7) is 5.09. The number of hydrogen-bond acceptors (Lipinski definition) is 3. The average molecular weight is 558 g/mol. The van der Waals surface area contributed by atoms with Crippen LogP contribution in [0.4, 0.5) is 4.79 Å². The van der Waals surface area contributed by atoms with Crippen molar-refractivity contribution < 1.29 is 13.8 Å². The van der Waals surface area contributed by atoms with Crippen LogP contribution in [-0.4, -0.2) is 34.2 Å². The number of amides is 3. The zero-order valence-corrected chi connectivity index (χ0v) is 26.0. The molecule has 0 aliphatic carbocycles. The summed E-state index contributed by atoms with van der Waals surface area (Å²) >= 11 is 0. The monoisotopic (exact) mass is 557 g/mol. The van der Waals surface area contributed by atoms with Crippen molar-refractivity contribution in [3.8, 4) is 0 Å². The van der Waals surface area contributed by atoms with Crippen molar-refractivity contribution in [2.24, 2.45) is 0 Å². The lowest BCUT2D eigenvalue weighted by atomic mass is 10.0. The van der Waals surface area contributed by atoms with E-state index in [1.165, 1.54) is 128 Å². The zero-order valence-electron chi connectivity index (χ0n) is 25.2. The van der Waals surface area contributed by atoms with Gasteiger partial charge in [-0.2, -0.15) is 0 Å². The zero-order chi connectivity index (χ0) is 27.9. The molecule has 0 saturated heterocycles. The quantitative estimate of drug-likeness (QED) is 0.0666. The Morgan fingerprint density at radius 3 is 1.29 bits per heavy atom. The molecule has 3 N–H and O–H groups in total. The molecule has 0 aliphatic rings. The Labute approximate surface area is 238 Å². The van der Waals surface area contributed by atoms with E-state index >= 15 is 0 Å². The highest BCUT2D eigenvalue weighted by atomic mass is 32.2. The number of unbranched alkanes of at least 4 members (excludes halogenated alkanes) is 22. The molecule has 3 amide bonds. The molecule has 6 nitrogen and oxygen atoms in total. The first-order valence-electron chi connectivity index (χ1n) is 16.3. The van der Waals surface area contributed by atoms with Crippen LogP contribution in [0.3, 0.4) is 0 Å². The van der Waals surface area contributed by atoms with Gasteiger partial charge in [-0.15, -0.1) is 0 Å². The summed E-state index contributed by atoms with van der Waals surface area (Å²) < 4.78 is 12.0. The van der Waals surface area contributed by atoms with Gasteiger partial charge >= 0.3 is 6.03 Å². The molecular weight excluding hydrogens is 494 g/mol. The molecule has 0 aromatic rings. The summed E-state index contributed by atoms with van der Waals surface area (Å²) in [5.74, 6) is 0.0875. The third kappa shape index (κ3) is 29.4. The van der Waals surface area contributed by atoms with Gasteiger partial charge in [0.15, 0.2) is 0 Å². The molecule has 226 valence electrons. The van der Waals surface area contributed by atoms with Crippen LogP contribution in [0.1, 0.15) is 168 Å². The molecule has 38 heavy (non-hydrogen) atoms. The fraction of sp³-hybridized carbons (Fsp3) is 0.935. The van der Waals surface area contributed by atoms with E-state index in [1.54, 1.807) is 0 Å². The Kier molecular flexibility index (Phi) is 29.5. The predicted octanol–water partition coefficient (Wildman–Crippen LogP) is 8.47. The van der Waals surface area contributed by atoms with Gasteiger partial charge < -0.3 is 5.32 Å². The second-order valence-electron chi connectivity index (χ2n) is 11.0. The van der Waals surface area contributed by atoms with Crippen LogP contribution in [0.5, 0.6) is 0 Å². The fourth-order valence-electron chi connectivity index (χ4n) is 4.70. The van der Waals surface area contributed by atoms with E-state index in [2.05, 4.69) is 30.0 Å². The lowest BCUT2D eigenvalue weighted by Crippen LogP contribution is -2.48. The smallest absolute Gasteiger partial charge is 0.333 e. The first kappa shape index (κ1) is 36.9. The maximum absolute atomic E-state index is 12.0. The van der Waals surface area contributed by atoms with E-state index in [0.717, 1.165) is 25.7 Å². The topological polar surface area (TPSA) is 87.3 Å². The third-order valence-electron chi connectivity index (χ3n) is 7.15. The highest BCUT2D eigenvalue weighted by Gasteiger charge is 2.09. The Hall–Kier alpha value is -1.11. The number of nitrogens with one attached hydrogen (secondary N) is 3. The van der Waals surface area contributed by atoms with Crippen LogP contribution < -0.4 is 16.2 Å². The third-order valence-corrected chi connectivity index (χ3v) is 8.48. The summed E-state index contributed by atoms with van der Waals surface area (Å²) in [5.41, 5.74) is 4.72. The van der Waals surface area contributed by atoms with Gasteiger partial charge in [-0.05, 0) is 12.8 Å². The van der Waals surface area contributed by atoms with Crippen molar-refractivity contribution in [1.29, 1.82) is 0 Å². The Morgan fingerprint density at radius 2 is 0.868 bits per heavy atom. The van der Waals surface area contributed by atoms with Crippen molar-refractivity contribution >= 4 is 22.7 Å². The average Bonchev–Trinajstić information content (AvgIpc) is 2.90. The normalized spacial score (nSPS) is 11.8. The first-order chi connectivity index (χ1) is 18.6. The lowest BCUT2D eigenvalue weighted by Gasteiger charge is -2.09. The number of hydrazine groups is 1. The molecule has 7 heteroatoms. The van der Waals surface area contributed by atoms with Crippen LogP contribution in [-0.2, 0) is 15.6 Å². The second-order valence-corrected chi connectivity index (χ2v) is 12.6. The molecule has 0 saturated carbocycles. The minimum absolute atomic E-state index is 0.0596. The van der Waals surface area contributed by atoms with Gasteiger partial charge in [-0.3, -0.25) is 14.4 Å². The number of hydrogen-bond donors (Lipinski definition) is 3. The minimum Gasteiger partial charge on any atom is -0.337 e. The number of rotatable bonds is 28. The molecule has 0 fully saturated rings. The van der Waals surface area contributed by atoms with E-state index in [9.17, 15) is 13.8 Å². The van der Waals surface area contributed by atoms with Gasteiger partial charge in [0.25, 0.3) is 5.91 Å². The first-order valence-corrected chi connectivity index (χ1v) is 17.8. The van der Waals surface area contributed by atoms with Gasteiger partial charge in [0.2, 0.25) is 0 Å².